The van der Waals surface area contributed by atoms with Crippen LogP contribution in [0.3, 0.4) is 0 Å². The van der Waals surface area contributed by atoms with Gasteiger partial charge in [-0.2, -0.15) is 0 Å². The predicted octanol–water partition coefficient (Wildman–Crippen LogP) is 6.26. The Balaban J connectivity index is 1.80. The van der Waals surface area contributed by atoms with Crippen molar-refractivity contribution in [3.05, 3.63) is 130 Å². The Bertz CT molecular complexity index is 1670. The van der Waals surface area contributed by atoms with Gasteiger partial charge >= 0.3 is 0 Å². The van der Waals surface area contributed by atoms with Gasteiger partial charge in [0, 0.05) is 29.5 Å². The van der Waals surface area contributed by atoms with E-state index >= 15 is 0 Å². The first kappa shape index (κ1) is 32.9. The number of rotatable bonds is 13. The first-order chi connectivity index (χ1) is 21.1. The lowest BCUT2D eigenvalue weighted by Gasteiger charge is -2.34. The van der Waals surface area contributed by atoms with Crippen molar-refractivity contribution in [2.75, 3.05) is 17.4 Å². The van der Waals surface area contributed by atoms with Gasteiger partial charge in [-0.15, -0.1) is 0 Å². The Morgan fingerprint density at radius 1 is 0.886 bits per heavy atom. The maximum absolute atomic E-state index is 15.0. The first-order valence-corrected chi connectivity index (χ1v) is 16.5. The summed E-state index contributed by atoms with van der Waals surface area (Å²) in [5.74, 6) is -1.59. The first-order valence-electron chi connectivity index (χ1n) is 14.3. The van der Waals surface area contributed by atoms with Crippen LogP contribution in [0.2, 0.25) is 0 Å². The van der Waals surface area contributed by atoms with Crippen molar-refractivity contribution in [1.82, 2.24) is 10.2 Å². The van der Waals surface area contributed by atoms with Crippen LogP contribution in [0.4, 0.5) is 10.1 Å². The van der Waals surface area contributed by atoms with Gasteiger partial charge in [0.1, 0.15) is 18.4 Å². The molecule has 44 heavy (non-hydrogen) atoms. The Hall–Kier alpha value is -4.02. The summed E-state index contributed by atoms with van der Waals surface area (Å²) in [6, 6.07) is 27.2. The third-order valence-electron chi connectivity index (χ3n) is 7.12. The molecule has 0 unspecified atom stereocenters. The quantitative estimate of drug-likeness (QED) is 0.181. The van der Waals surface area contributed by atoms with Gasteiger partial charge in [0.15, 0.2) is 0 Å². The number of sulfonamides is 1. The van der Waals surface area contributed by atoms with Crippen LogP contribution < -0.4 is 9.62 Å². The summed E-state index contributed by atoms with van der Waals surface area (Å²) < 4.78 is 44.8. The summed E-state index contributed by atoms with van der Waals surface area (Å²) in [5, 5.41) is 2.88. The lowest BCUT2D eigenvalue weighted by atomic mass is 10.0. The molecule has 4 aromatic carbocycles. The normalized spacial score (nSPS) is 11.9. The van der Waals surface area contributed by atoms with E-state index in [1.54, 1.807) is 54.6 Å². The molecule has 7 nitrogen and oxygen atoms in total. The van der Waals surface area contributed by atoms with E-state index in [9.17, 15) is 22.4 Å². The minimum Gasteiger partial charge on any atom is -0.354 e. The monoisotopic (exact) mass is 679 g/mol. The van der Waals surface area contributed by atoms with Gasteiger partial charge in [0.2, 0.25) is 11.8 Å². The molecule has 0 bridgehead atoms. The maximum Gasteiger partial charge on any atom is 0.264 e. The highest BCUT2D eigenvalue weighted by Crippen LogP contribution is 2.27. The van der Waals surface area contributed by atoms with E-state index in [2.05, 4.69) is 21.2 Å². The number of anilines is 1. The van der Waals surface area contributed by atoms with E-state index in [-0.39, 0.29) is 29.1 Å². The fourth-order valence-electron chi connectivity index (χ4n) is 4.70. The van der Waals surface area contributed by atoms with Crippen LogP contribution in [-0.2, 0) is 32.6 Å². The van der Waals surface area contributed by atoms with E-state index in [1.807, 2.05) is 44.2 Å². The van der Waals surface area contributed by atoms with Crippen molar-refractivity contribution >= 4 is 43.5 Å². The van der Waals surface area contributed by atoms with Gasteiger partial charge in [0.25, 0.3) is 10.0 Å². The average molecular weight is 681 g/mol. The molecule has 0 aliphatic rings. The van der Waals surface area contributed by atoms with E-state index < -0.39 is 40.2 Å². The second-order valence-corrected chi connectivity index (χ2v) is 13.2. The summed E-state index contributed by atoms with van der Waals surface area (Å²) in [4.78, 5) is 29.3. The Morgan fingerprint density at radius 2 is 1.52 bits per heavy atom. The van der Waals surface area contributed by atoms with Gasteiger partial charge < -0.3 is 10.2 Å². The van der Waals surface area contributed by atoms with Gasteiger partial charge in [0.05, 0.1) is 10.6 Å². The van der Waals surface area contributed by atoms with Crippen LogP contribution in [0.25, 0.3) is 0 Å². The minimum atomic E-state index is -4.22. The standard InChI is InChI=1S/C34H35BrFN3O4S/c1-3-21-37-34(41)32(22-26-9-5-4-6-10-26)38(23-27-11-7-8-12-31(27)36)33(40)24-39(29-17-15-28(35)16-18-29)44(42,43)30-19-13-25(2)14-20-30/h4-20,32H,3,21-24H2,1-2H3,(H,37,41)/t32-/m1/s1. The van der Waals surface area contributed by atoms with Gasteiger partial charge in [-0.3, -0.25) is 13.9 Å². The molecule has 2 amide bonds. The lowest BCUT2D eigenvalue weighted by Crippen LogP contribution is -2.53. The van der Waals surface area contributed by atoms with Crippen molar-refractivity contribution in [3.8, 4) is 0 Å². The second kappa shape index (κ2) is 15.1. The van der Waals surface area contributed by atoms with Crippen LogP contribution in [0, 0.1) is 12.7 Å². The summed E-state index contributed by atoms with van der Waals surface area (Å²) >= 11 is 3.38. The van der Waals surface area contributed by atoms with E-state index in [0.717, 1.165) is 19.9 Å². The largest absolute Gasteiger partial charge is 0.354 e. The number of aryl methyl sites for hydroxylation is 1. The molecule has 1 atom stereocenters. The van der Waals surface area contributed by atoms with Crippen LogP contribution in [0.5, 0.6) is 0 Å². The molecule has 0 saturated heterocycles. The molecule has 0 radical (unpaired) electrons. The minimum absolute atomic E-state index is 0.0148. The Kier molecular flexibility index (Phi) is 11.3. The summed E-state index contributed by atoms with van der Waals surface area (Å²) in [6.07, 6.45) is 0.830. The SMILES string of the molecule is CCCNC(=O)[C@@H](Cc1ccccc1)N(Cc1ccccc1F)C(=O)CN(c1ccc(Br)cc1)S(=O)(=O)c1ccc(C)cc1. The van der Waals surface area contributed by atoms with Crippen LogP contribution in [0.15, 0.2) is 112 Å². The topological polar surface area (TPSA) is 86.8 Å². The van der Waals surface area contributed by atoms with E-state index in [1.165, 1.54) is 23.1 Å². The number of carbonyl (C=O) groups excluding carboxylic acids is 2. The molecular formula is C34H35BrFN3O4S. The van der Waals surface area contributed by atoms with Crippen molar-refractivity contribution in [3.63, 3.8) is 0 Å². The number of benzene rings is 4. The van der Waals surface area contributed by atoms with Crippen LogP contribution in [0.1, 0.15) is 30.0 Å². The molecular weight excluding hydrogens is 645 g/mol. The highest BCUT2D eigenvalue weighted by Gasteiger charge is 2.35. The number of hydrogen-bond acceptors (Lipinski definition) is 4. The smallest absolute Gasteiger partial charge is 0.264 e. The number of halogens is 2. The van der Waals surface area contributed by atoms with Gasteiger partial charge in [-0.05, 0) is 61.4 Å². The highest BCUT2D eigenvalue weighted by atomic mass is 79.9. The molecule has 0 fully saturated rings. The van der Waals surface area contributed by atoms with E-state index in [0.29, 0.717) is 13.0 Å². The predicted molar refractivity (Wildman–Crippen MR) is 174 cm³/mol. The zero-order valence-corrected chi connectivity index (χ0v) is 27.0. The molecule has 10 heteroatoms. The number of carbonyl (C=O) groups is 2. The summed E-state index contributed by atoms with van der Waals surface area (Å²) in [6.45, 7) is 3.31. The molecule has 4 aromatic rings. The number of amides is 2. The fraction of sp³-hybridized carbons (Fsp3) is 0.235. The number of hydrogen-bond donors (Lipinski definition) is 1. The molecule has 0 aliphatic heterocycles. The molecule has 0 aromatic heterocycles. The Morgan fingerprint density at radius 3 is 2.16 bits per heavy atom. The lowest BCUT2D eigenvalue weighted by molar-refractivity contribution is -0.140. The third kappa shape index (κ3) is 8.33. The highest BCUT2D eigenvalue weighted by molar-refractivity contribution is 9.10. The van der Waals surface area contributed by atoms with Crippen molar-refractivity contribution in [2.45, 2.75) is 44.2 Å². The third-order valence-corrected chi connectivity index (χ3v) is 9.44. The van der Waals surface area contributed by atoms with Crippen LogP contribution >= 0.6 is 15.9 Å². The van der Waals surface area contributed by atoms with Gasteiger partial charge in [-0.25, -0.2) is 12.8 Å². The molecule has 4 rings (SSSR count). The fourth-order valence-corrected chi connectivity index (χ4v) is 6.38. The van der Waals surface area contributed by atoms with Crippen molar-refractivity contribution < 1.29 is 22.4 Å². The maximum atomic E-state index is 15.0. The van der Waals surface area contributed by atoms with Gasteiger partial charge in [-0.1, -0.05) is 89.1 Å². The zero-order valence-electron chi connectivity index (χ0n) is 24.6. The molecule has 1 N–H and O–H groups in total. The number of nitrogens with one attached hydrogen (secondary N) is 1. The van der Waals surface area contributed by atoms with E-state index in [4.69, 9.17) is 0 Å². The average Bonchev–Trinajstić information content (AvgIpc) is 3.02. The molecule has 230 valence electrons. The summed E-state index contributed by atoms with van der Waals surface area (Å²) in [5.41, 5.74) is 2.16. The molecule has 0 saturated carbocycles. The number of nitrogens with zero attached hydrogens (tertiary/aromatic N) is 2. The zero-order chi connectivity index (χ0) is 31.7. The van der Waals surface area contributed by atoms with Crippen molar-refractivity contribution in [2.24, 2.45) is 0 Å². The van der Waals surface area contributed by atoms with Crippen molar-refractivity contribution in [1.29, 1.82) is 0 Å². The summed E-state index contributed by atoms with van der Waals surface area (Å²) in [7, 11) is -4.22. The molecule has 0 heterocycles. The molecule has 0 aliphatic carbocycles. The molecule has 0 spiro atoms. The second-order valence-electron chi connectivity index (χ2n) is 10.4. The van der Waals surface area contributed by atoms with Crippen LogP contribution in [-0.4, -0.2) is 44.3 Å². The Labute approximate surface area is 266 Å².